The average Bonchev–Trinajstić information content (AvgIpc) is 3.75. The van der Waals surface area contributed by atoms with E-state index in [-0.39, 0.29) is 47.9 Å². The fourth-order valence-electron chi connectivity index (χ4n) is 5.47. The van der Waals surface area contributed by atoms with Crippen molar-refractivity contribution in [1.82, 2.24) is 4.90 Å². The maximum atomic E-state index is 12.8. The van der Waals surface area contributed by atoms with Gasteiger partial charge in [-0.1, -0.05) is 11.6 Å². The molecule has 1 aromatic rings. The number of carbonyl (C=O) groups is 1. The minimum absolute atomic E-state index is 0.0186. The van der Waals surface area contributed by atoms with E-state index in [2.05, 4.69) is 37.1 Å². The number of rotatable bonds is 12. The Morgan fingerprint density at radius 3 is 2.58 bits per heavy atom. The second kappa shape index (κ2) is 11.1. The lowest BCUT2D eigenvalue weighted by atomic mass is 9.68. The SMILES string of the molecule is CO[C@@H]1[C@H](OC(=O)CNc2ccc(OCCN(C)C)cc2)CC[C@]2(CO2)[C@H]1[C@@]1(C)O[C@@H]1CC=C(C)C. The van der Waals surface area contributed by atoms with Crippen LogP contribution < -0.4 is 10.1 Å². The highest BCUT2D eigenvalue weighted by Gasteiger charge is 2.72. The minimum atomic E-state index is -0.344. The number of epoxide rings is 2. The Morgan fingerprint density at radius 2 is 1.97 bits per heavy atom. The van der Waals surface area contributed by atoms with E-state index < -0.39 is 0 Å². The predicted molar refractivity (Wildman–Crippen MR) is 138 cm³/mol. The summed E-state index contributed by atoms with van der Waals surface area (Å²) in [5.41, 5.74) is 1.54. The van der Waals surface area contributed by atoms with Crippen molar-refractivity contribution in [3.05, 3.63) is 35.9 Å². The number of allylic oxidation sites excluding steroid dienone is 1. The molecule has 3 aliphatic rings. The van der Waals surface area contributed by atoms with Gasteiger partial charge in [0, 0.05) is 19.3 Å². The van der Waals surface area contributed by atoms with Gasteiger partial charge in [-0.2, -0.15) is 0 Å². The standard InChI is InChI=1S/C28H42N2O6/c1-19(2)7-12-23-27(3,36-23)26-25(32-6)22(13-14-28(26)18-34-28)35-24(31)17-29-20-8-10-21(11-9-20)33-16-15-30(4)5/h7-11,22-23,25-26,29H,12-18H2,1-6H3/t22-,23-,25-,26-,27+,28+/m1/s1. The zero-order valence-electron chi connectivity index (χ0n) is 22.5. The number of carbonyl (C=O) groups excluding carboxylic acids is 1. The van der Waals surface area contributed by atoms with Crippen molar-refractivity contribution in [3.63, 3.8) is 0 Å². The number of nitrogens with one attached hydrogen (secondary N) is 1. The molecule has 1 aromatic carbocycles. The Balaban J connectivity index is 1.31. The molecule has 1 saturated carbocycles. The number of hydrogen-bond donors (Lipinski definition) is 1. The monoisotopic (exact) mass is 502 g/mol. The van der Waals surface area contributed by atoms with Gasteiger partial charge in [0.1, 0.15) is 42.3 Å². The highest BCUT2D eigenvalue weighted by atomic mass is 16.6. The van der Waals surface area contributed by atoms with Crippen molar-refractivity contribution < 1.29 is 28.5 Å². The number of benzene rings is 1. The van der Waals surface area contributed by atoms with E-state index in [4.69, 9.17) is 23.7 Å². The molecule has 2 aliphatic heterocycles. The van der Waals surface area contributed by atoms with Crippen molar-refractivity contribution in [3.8, 4) is 5.75 Å². The molecule has 2 heterocycles. The van der Waals surface area contributed by atoms with Crippen molar-refractivity contribution in [2.24, 2.45) is 5.92 Å². The molecule has 2 saturated heterocycles. The zero-order valence-corrected chi connectivity index (χ0v) is 22.5. The summed E-state index contributed by atoms with van der Waals surface area (Å²) in [6, 6.07) is 7.60. The molecule has 200 valence electrons. The molecule has 6 atom stereocenters. The van der Waals surface area contributed by atoms with Gasteiger partial charge in [-0.3, -0.25) is 4.79 Å². The molecule has 0 unspecified atom stereocenters. The van der Waals surface area contributed by atoms with Crippen LogP contribution in [0.15, 0.2) is 35.9 Å². The lowest BCUT2D eigenvalue weighted by Crippen LogP contribution is -2.55. The first-order chi connectivity index (χ1) is 17.2. The number of hydrogen-bond acceptors (Lipinski definition) is 8. The third kappa shape index (κ3) is 6.22. The Morgan fingerprint density at radius 1 is 1.25 bits per heavy atom. The Labute approximate surface area is 215 Å². The zero-order chi connectivity index (χ0) is 25.9. The number of anilines is 1. The van der Waals surface area contributed by atoms with Crippen LogP contribution in [0.25, 0.3) is 0 Å². The molecule has 1 spiro atoms. The predicted octanol–water partition coefficient (Wildman–Crippen LogP) is 3.66. The van der Waals surface area contributed by atoms with Crippen LogP contribution in [0.2, 0.25) is 0 Å². The van der Waals surface area contributed by atoms with Crippen molar-refractivity contribution >= 4 is 11.7 Å². The average molecular weight is 503 g/mol. The van der Waals surface area contributed by atoms with Crippen LogP contribution in [0.4, 0.5) is 5.69 Å². The van der Waals surface area contributed by atoms with Gasteiger partial charge in [-0.05, 0) is 78.4 Å². The molecule has 1 aliphatic carbocycles. The van der Waals surface area contributed by atoms with Gasteiger partial charge in [0.15, 0.2) is 0 Å². The van der Waals surface area contributed by atoms with Crippen LogP contribution in [0, 0.1) is 5.92 Å². The first-order valence-electron chi connectivity index (χ1n) is 13.0. The summed E-state index contributed by atoms with van der Waals surface area (Å²) in [7, 11) is 5.72. The van der Waals surface area contributed by atoms with Gasteiger partial charge in [0.25, 0.3) is 0 Å². The molecule has 1 N–H and O–H groups in total. The van der Waals surface area contributed by atoms with E-state index >= 15 is 0 Å². The van der Waals surface area contributed by atoms with Crippen molar-refractivity contribution in [2.45, 2.75) is 69.5 Å². The maximum absolute atomic E-state index is 12.8. The highest BCUT2D eigenvalue weighted by Crippen LogP contribution is 2.59. The summed E-state index contributed by atoms with van der Waals surface area (Å²) < 4.78 is 29.9. The smallest absolute Gasteiger partial charge is 0.325 e. The van der Waals surface area contributed by atoms with Crippen LogP contribution in [-0.2, 0) is 23.7 Å². The molecule has 0 radical (unpaired) electrons. The minimum Gasteiger partial charge on any atom is -0.492 e. The van der Waals surface area contributed by atoms with E-state index in [9.17, 15) is 4.79 Å². The number of likely N-dealkylation sites (N-methyl/N-ethyl adjacent to an activating group) is 1. The number of esters is 1. The highest BCUT2D eigenvalue weighted by molar-refractivity contribution is 5.75. The van der Waals surface area contributed by atoms with Gasteiger partial charge >= 0.3 is 5.97 Å². The van der Waals surface area contributed by atoms with E-state index in [1.54, 1.807) is 7.11 Å². The fraction of sp³-hybridized carbons (Fsp3) is 0.679. The summed E-state index contributed by atoms with van der Waals surface area (Å²) in [5, 5.41) is 3.15. The third-order valence-corrected chi connectivity index (χ3v) is 7.62. The number of nitrogens with zero attached hydrogens (tertiary/aromatic N) is 1. The summed E-state index contributed by atoms with van der Waals surface area (Å²) in [4.78, 5) is 14.8. The van der Waals surface area contributed by atoms with E-state index in [1.807, 2.05) is 38.4 Å². The normalized spacial score (nSPS) is 32.8. The second-order valence-corrected chi connectivity index (χ2v) is 10.9. The quantitative estimate of drug-likeness (QED) is 0.263. The van der Waals surface area contributed by atoms with Crippen LogP contribution in [-0.4, -0.2) is 87.9 Å². The van der Waals surface area contributed by atoms with Crippen LogP contribution in [0.3, 0.4) is 0 Å². The van der Waals surface area contributed by atoms with Gasteiger partial charge in [0.2, 0.25) is 0 Å². The first kappa shape index (κ1) is 26.9. The third-order valence-electron chi connectivity index (χ3n) is 7.62. The largest absolute Gasteiger partial charge is 0.492 e. The molecule has 8 nitrogen and oxygen atoms in total. The lowest BCUT2D eigenvalue weighted by molar-refractivity contribution is -0.170. The molecule has 0 aromatic heterocycles. The number of methoxy groups -OCH3 is 1. The maximum Gasteiger partial charge on any atom is 0.325 e. The van der Waals surface area contributed by atoms with Crippen molar-refractivity contribution in [2.75, 3.05) is 52.8 Å². The molecule has 8 heteroatoms. The molecule has 4 rings (SSSR count). The summed E-state index contributed by atoms with van der Waals surface area (Å²) >= 11 is 0. The molecular formula is C28H42N2O6. The molecule has 36 heavy (non-hydrogen) atoms. The fourth-order valence-corrected chi connectivity index (χ4v) is 5.47. The van der Waals surface area contributed by atoms with E-state index in [1.165, 1.54) is 5.57 Å². The van der Waals surface area contributed by atoms with Crippen LogP contribution in [0.1, 0.15) is 40.0 Å². The molecular weight excluding hydrogens is 460 g/mol. The first-order valence-corrected chi connectivity index (χ1v) is 13.0. The Hall–Kier alpha value is -2.13. The van der Waals surface area contributed by atoms with E-state index in [0.29, 0.717) is 19.6 Å². The summed E-state index contributed by atoms with van der Waals surface area (Å²) in [6.07, 6.45) is 4.16. The van der Waals surface area contributed by atoms with Gasteiger partial charge in [0.05, 0.1) is 18.6 Å². The molecule has 3 fully saturated rings. The van der Waals surface area contributed by atoms with Gasteiger partial charge < -0.3 is 33.9 Å². The Bertz CT molecular complexity index is 924. The second-order valence-electron chi connectivity index (χ2n) is 10.9. The van der Waals surface area contributed by atoms with Crippen LogP contribution in [0.5, 0.6) is 5.75 Å². The van der Waals surface area contributed by atoms with Crippen LogP contribution >= 0.6 is 0 Å². The Kier molecular flexibility index (Phi) is 8.29. The molecule has 0 bridgehead atoms. The van der Waals surface area contributed by atoms with Crippen molar-refractivity contribution in [1.29, 1.82) is 0 Å². The topological polar surface area (TPSA) is 85.1 Å². The van der Waals surface area contributed by atoms with Gasteiger partial charge in [-0.25, -0.2) is 0 Å². The number of ether oxygens (including phenoxy) is 5. The summed E-state index contributed by atoms with van der Waals surface area (Å²) in [6.45, 7) is 8.62. The molecule has 0 amide bonds. The lowest BCUT2D eigenvalue weighted by Gasteiger charge is -2.42. The summed E-state index contributed by atoms with van der Waals surface area (Å²) in [5.74, 6) is 0.518. The van der Waals surface area contributed by atoms with Gasteiger partial charge in [-0.15, -0.1) is 0 Å². The van der Waals surface area contributed by atoms with E-state index in [0.717, 1.165) is 30.8 Å².